The molecule has 186 valence electrons. The van der Waals surface area contributed by atoms with Gasteiger partial charge in [0.2, 0.25) is 10.2 Å². The highest BCUT2D eigenvalue weighted by atomic mass is 33.1. The van der Waals surface area contributed by atoms with Gasteiger partial charge >= 0.3 is 0 Å². The quantitative estimate of drug-likeness (QED) is 0.261. The van der Waals surface area contributed by atoms with Crippen LogP contribution in [0, 0.1) is 60.7 Å². The lowest BCUT2D eigenvalue weighted by atomic mass is 10.1. The molecule has 36 heavy (non-hydrogen) atoms. The summed E-state index contributed by atoms with van der Waals surface area (Å²) in [5.74, 6) is 0. The SMILES string of the molecule is O=C(SSC(=O)c1c([N+](=O)[O-])cc([N+](=O)[O-])cc1[N+](=O)[O-])c1c([N+](=O)[O-])cc([N+](=O)[O-])cc1[N+](=O)[O-]. The molecule has 2 aromatic rings. The van der Waals surface area contributed by atoms with E-state index in [9.17, 15) is 70.3 Å². The summed E-state index contributed by atoms with van der Waals surface area (Å²) in [6.07, 6.45) is 0. The maximum Gasteiger partial charge on any atom is 0.295 e. The average molecular weight is 544 g/mol. The van der Waals surface area contributed by atoms with Gasteiger partial charge in [0.15, 0.2) is 11.1 Å². The van der Waals surface area contributed by atoms with E-state index in [2.05, 4.69) is 0 Å². The first-order valence-electron chi connectivity index (χ1n) is 8.33. The third-order valence-electron chi connectivity index (χ3n) is 3.97. The van der Waals surface area contributed by atoms with Crippen molar-refractivity contribution in [3.05, 3.63) is 96.1 Å². The van der Waals surface area contributed by atoms with Crippen LogP contribution in [-0.2, 0) is 0 Å². The fraction of sp³-hybridized carbons (Fsp3) is 0. The Labute approximate surface area is 201 Å². The summed E-state index contributed by atoms with van der Waals surface area (Å²) < 4.78 is 0. The Kier molecular flexibility index (Phi) is 7.86. The molecule has 0 aliphatic heterocycles. The number of carbonyl (C=O) groups excluding carboxylic acids is 2. The predicted molar refractivity (Wildman–Crippen MR) is 117 cm³/mol. The maximum absolute atomic E-state index is 12.5. The first kappa shape index (κ1) is 27.1. The van der Waals surface area contributed by atoms with E-state index in [1.807, 2.05) is 0 Å². The Bertz CT molecular complexity index is 1230. The van der Waals surface area contributed by atoms with Gasteiger partial charge in [0.1, 0.15) is 0 Å². The summed E-state index contributed by atoms with van der Waals surface area (Å²) >= 11 is 0. The molecular weight excluding hydrogens is 540 g/mol. The number of nitro groups is 6. The molecule has 0 fully saturated rings. The van der Waals surface area contributed by atoms with Crippen molar-refractivity contribution in [1.82, 2.24) is 0 Å². The molecule has 0 unspecified atom stereocenters. The van der Waals surface area contributed by atoms with Gasteiger partial charge in [0, 0.05) is 0 Å². The molecule has 0 bridgehead atoms. The molecule has 0 heterocycles. The molecule has 0 aliphatic rings. The van der Waals surface area contributed by atoms with E-state index in [1.54, 1.807) is 0 Å². The fourth-order valence-electron chi connectivity index (χ4n) is 2.56. The average Bonchev–Trinajstić information content (AvgIpc) is 2.79. The molecule has 0 N–H and O–H groups in total. The molecule has 20 nitrogen and oxygen atoms in total. The first-order chi connectivity index (χ1) is 16.7. The first-order valence-corrected chi connectivity index (χ1v) is 10.5. The number of carbonyl (C=O) groups is 2. The van der Waals surface area contributed by atoms with Crippen molar-refractivity contribution in [2.75, 3.05) is 0 Å². The van der Waals surface area contributed by atoms with Crippen LogP contribution in [0.4, 0.5) is 34.1 Å². The third kappa shape index (κ3) is 5.50. The molecule has 0 saturated heterocycles. The molecule has 2 rings (SSSR count). The van der Waals surface area contributed by atoms with Gasteiger partial charge in [0.25, 0.3) is 34.1 Å². The highest BCUT2D eigenvalue weighted by Crippen LogP contribution is 2.42. The van der Waals surface area contributed by atoms with Crippen LogP contribution in [0.5, 0.6) is 0 Å². The summed E-state index contributed by atoms with van der Waals surface area (Å²) in [6.45, 7) is 0. The van der Waals surface area contributed by atoms with Crippen molar-refractivity contribution in [2.24, 2.45) is 0 Å². The maximum atomic E-state index is 12.5. The Hall–Kier alpha value is -5.12. The van der Waals surface area contributed by atoms with E-state index in [1.165, 1.54) is 0 Å². The summed E-state index contributed by atoms with van der Waals surface area (Å²) in [6, 6.07) is 0.997. The van der Waals surface area contributed by atoms with Crippen LogP contribution < -0.4 is 0 Å². The topological polar surface area (TPSA) is 293 Å². The van der Waals surface area contributed by atoms with Gasteiger partial charge in [0.05, 0.1) is 53.8 Å². The van der Waals surface area contributed by atoms with Crippen LogP contribution in [0.25, 0.3) is 0 Å². The van der Waals surface area contributed by atoms with Crippen molar-refractivity contribution in [1.29, 1.82) is 0 Å². The van der Waals surface area contributed by atoms with Crippen molar-refractivity contribution in [2.45, 2.75) is 0 Å². The Morgan fingerprint density at radius 2 is 0.694 bits per heavy atom. The summed E-state index contributed by atoms with van der Waals surface area (Å²) in [5.41, 5.74) is -10.2. The minimum absolute atomic E-state index is 0.249. The van der Waals surface area contributed by atoms with Crippen molar-refractivity contribution in [3.8, 4) is 0 Å². The highest BCUT2D eigenvalue weighted by molar-refractivity contribution is 8.87. The Balaban J connectivity index is 2.56. The van der Waals surface area contributed by atoms with Gasteiger partial charge in [-0.1, -0.05) is 0 Å². The molecule has 0 aromatic heterocycles. The smallest absolute Gasteiger partial charge is 0.280 e. The molecule has 0 spiro atoms. The minimum atomic E-state index is -1.58. The summed E-state index contributed by atoms with van der Waals surface area (Å²) in [4.78, 5) is 84.3. The van der Waals surface area contributed by atoms with E-state index in [4.69, 9.17) is 0 Å². The van der Waals surface area contributed by atoms with E-state index in [0.29, 0.717) is 0 Å². The van der Waals surface area contributed by atoms with Gasteiger partial charge in [-0.15, -0.1) is 0 Å². The number of nitro benzene ring substituents is 6. The van der Waals surface area contributed by atoms with Crippen LogP contribution in [0.1, 0.15) is 20.7 Å². The normalized spacial score (nSPS) is 10.3. The largest absolute Gasteiger partial charge is 0.295 e. The van der Waals surface area contributed by atoms with Crippen LogP contribution in [-0.4, -0.2) is 39.8 Å². The van der Waals surface area contributed by atoms with Crippen LogP contribution in [0.15, 0.2) is 24.3 Å². The van der Waals surface area contributed by atoms with Gasteiger partial charge in [-0.3, -0.25) is 70.3 Å². The molecular formula is C14H4N6O14S2. The molecule has 0 amide bonds. The van der Waals surface area contributed by atoms with Crippen LogP contribution in [0.3, 0.4) is 0 Å². The zero-order chi connectivity index (χ0) is 27.5. The van der Waals surface area contributed by atoms with Gasteiger partial charge < -0.3 is 0 Å². The van der Waals surface area contributed by atoms with E-state index in [0.717, 1.165) is 0 Å². The molecule has 0 aliphatic carbocycles. The van der Waals surface area contributed by atoms with Crippen LogP contribution >= 0.6 is 21.6 Å². The molecule has 0 saturated carbocycles. The van der Waals surface area contributed by atoms with E-state index >= 15 is 0 Å². The lowest BCUT2D eigenvalue weighted by Gasteiger charge is -2.05. The number of hydrogen-bond acceptors (Lipinski definition) is 16. The lowest BCUT2D eigenvalue weighted by Crippen LogP contribution is -2.08. The number of benzene rings is 2. The molecule has 0 atom stereocenters. The van der Waals surface area contributed by atoms with E-state index in [-0.39, 0.29) is 45.9 Å². The Morgan fingerprint density at radius 1 is 0.472 bits per heavy atom. The zero-order valence-electron chi connectivity index (χ0n) is 16.5. The number of hydrogen-bond donors (Lipinski definition) is 0. The van der Waals surface area contributed by atoms with Gasteiger partial charge in [-0.2, -0.15) is 0 Å². The zero-order valence-corrected chi connectivity index (χ0v) is 18.2. The Morgan fingerprint density at radius 3 is 0.861 bits per heavy atom. The molecule has 22 heteroatoms. The fourth-order valence-corrected chi connectivity index (χ4v) is 4.25. The van der Waals surface area contributed by atoms with Crippen molar-refractivity contribution < 1.29 is 39.1 Å². The second-order valence-electron chi connectivity index (χ2n) is 6.00. The number of rotatable bonds is 8. The lowest BCUT2D eigenvalue weighted by molar-refractivity contribution is -0.403. The summed E-state index contributed by atoms with van der Waals surface area (Å²) in [5, 5.41) is 63.8. The van der Waals surface area contributed by atoms with Gasteiger partial charge in [-0.25, -0.2) is 0 Å². The van der Waals surface area contributed by atoms with Crippen molar-refractivity contribution in [3.63, 3.8) is 0 Å². The number of nitrogens with zero attached hydrogens (tertiary/aromatic N) is 6. The second kappa shape index (κ2) is 10.4. The van der Waals surface area contributed by atoms with Gasteiger partial charge in [-0.05, 0) is 21.6 Å². The second-order valence-corrected chi connectivity index (χ2v) is 8.08. The summed E-state index contributed by atoms with van der Waals surface area (Å²) in [7, 11) is -0.537. The standard InChI is InChI=1S/C14H4N6O14S2/c21-13(11-7(17(27)28)1-5(15(23)24)2-8(11)18(29)30)35-36-14(22)12-9(19(31)32)3-6(16(25)26)4-10(12)20(33)34/h1-4H. The van der Waals surface area contributed by atoms with E-state index < -0.39 is 85.0 Å². The molecule has 2 aromatic carbocycles. The van der Waals surface area contributed by atoms with Crippen LogP contribution in [0.2, 0.25) is 0 Å². The van der Waals surface area contributed by atoms with Crippen molar-refractivity contribution >= 4 is 65.9 Å². The highest BCUT2D eigenvalue weighted by Gasteiger charge is 2.38. The monoisotopic (exact) mass is 544 g/mol. The third-order valence-corrected chi connectivity index (χ3v) is 5.93. The predicted octanol–water partition coefficient (Wildman–Crippen LogP) is 3.50. The molecule has 0 radical (unpaired) electrons. The minimum Gasteiger partial charge on any atom is -0.280 e. The number of non-ortho nitro benzene ring substituents is 2.